The Bertz CT molecular complexity index is 1170. The number of hydrogen-bond acceptors (Lipinski definition) is 2. The average molecular weight is 564 g/mol. The van der Waals surface area contributed by atoms with Gasteiger partial charge in [-0.25, -0.2) is 4.98 Å². The van der Waals surface area contributed by atoms with Crippen LogP contribution in [0.1, 0.15) is 128 Å². The highest BCUT2D eigenvalue weighted by Crippen LogP contribution is 2.34. The van der Waals surface area contributed by atoms with Gasteiger partial charge < -0.3 is 9.47 Å². The number of rotatable bonds is 19. The van der Waals surface area contributed by atoms with E-state index in [-0.39, 0.29) is 11.8 Å². The largest absolute Gasteiger partial charge is 0.328 e. The highest BCUT2D eigenvalue weighted by molar-refractivity contribution is 6.30. The van der Waals surface area contributed by atoms with Crippen LogP contribution in [0.2, 0.25) is 5.02 Å². The standard InChI is InChI=1S/C35H50ClN3O/c1-2-3-4-5-6-7-8-9-10-11-12-13-14-15-16-19-25-38-33-24-18-17-23-32(33)37-35(38)29-26-34(40)39(28-29)31-22-20-21-30(36)27-31/h17-18,20-24,27,29H,2-16,19,25-26,28H2,1H3. The van der Waals surface area contributed by atoms with E-state index in [0.717, 1.165) is 30.0 Å². The number of imidazole rings is 1. The number of carbonyl (C=O) groups excluding carboxylic acids is 1. The average Bonchev–Trinajstić information content (AvgIpc) is 3.53. The van der Waals surface area contributed by atoms with Crippen molar-refractivity contribution < 1.29 is 4.79 Å². The van der Waals surface area contributed by atoms with Crippen LogP contribution >= 0.6 is 11.6 Å². The summed E-state index contributed by atoms with van der Waals surface area (Å²) in [6, 6.07) is 16.0. The van der Waals surface area contributed by atoms with E-state index in [1.807, 2.05) is 29.2 Å². The summed E-state index contributed by atoms with van der Waals surface area (Å²) in [6.07, 6.45) is 22.5. The lowest BCUT2D eigenvalue weighted by Gasteiger charge is -2.17. The minimum Gasteiger partial charge on any atom is -0.328 e. The maximum atomic E-state index is 13.0. The lowest BCUT2D eigenvalue weighted by Crippen LogP contribution is -2.24. The molecule has 0 bridgehead atoms. The summed E-state index contributed by atoms with van der Waals surface area (Å²) in [5.41, 5.74) is 3.09. The molecule has 1 fully saturated rings. The molecule has 0 saturated carbocycles. The molecule has 1 saturated heterocycles. The molecular weight excluding hydrogens is 514 g/mol. The first-order valence-electron chi connectivity index (χ1n) is 16.2. The molecule has 2 aromatic carbocycles. The SMILES string of the molecule is CCCCCCCCCCCCCCCCCCn1c(C2CC(=O)N(c3cccc(Cl)c3)C2)nc2ccccc21. The van der Waals surface area contributed by atoms with Crippen LogP contribution in [0.5, 0.6) is 0 Å². The highest BCUT2D eigenvalue weighted by Gasteiger charge is 2.34. The predicted octanol–water partition coefficient (Wildman–Crippen LogP) is 10.5. The summed E-state index contributed by atoms with van der Waals surface area (Å²) in [7, 11) is 0. The van der Waals surface area contributed by atoms with Gasteiger partial charge in [0.2, 0.25) is 5.91 Å². The van der Waals surface area contributed by atoms with Crippen LogP contribution < -0.4 is 4.90 Å². The van der Waals surface area contributed by atoms with Gasteiger partial charge in [0.15, 0.2) is 0 Å². The number of aryl methyl sites for hydroxylation is 1. The van der Waals surface area contributed by atoms with Gasteiger partial charge in [0.25, 0.3) is 0 Å². The second-order valence-electron chi connectivity index (χ2n) is 11.8. The number of aromatic nitrogens is 2. The second-order valence-corrected chi connectivity index (χ2v) is 12.2. The predicted molar refractivity (Wildman–Crippen MR) is 170 cm³/mol. The van der Waals surface area contributed by atoms with Crippen molar-refractivity contribution in [3.63, 3.8) is 0 Å². The molecule has 2 heterocycles. The molecule has 0 N–H and O–H groups in total. The topological polar surface area (TPSA) is 38.1 Å². The van der Waals surface area contributed by atoms with Gasteiger partial charge >= 0.3 is 0 Å². The van der Waals surface area contributed by atoms with Crippen LogP contribution in [0, 0.1) is 0 Å². The number of halogens is 1. The molecule has 1 aliphatic heterocycles. The molecule has 0 spiro atoms. The van der Waals surface area contributed by atoms with Crippen LogP contribution in [0.4, 0.5) is 5.69 Å². The highest BCUT2D eigenvalue weighted by atomic mass is 35.5. The van der Waals surface area contributed by atoms with Crippen molar-refractivity contribution >= 4 is 34.2 Å². The van der Waals surface area contributed by atoms with E-state index in [4.69, 9.17) is 16.6 Å². The first-order chi connectivity index (χ1) is 19.7. The summed E-state index contributed by atoms with van der Waals surface area (Å²) in [5.74, 6) is 1.30. The number of para-hydroxylation sites is 2. The summed E-state index contributed by atoms with van der Waals surface area (Å²) in [5, 5.41) is 0.657. The molecular formula is C35H50ClN3O. The van der Waals surface area contributed by atoms with Crippen molar-refractivity contribution in [1.29, 1.82) is 0 Å². The summed E-state index contributed by atoms with van der Waals surface area (Å²) in [4.78, 5) is 19.9. The zero-order chi connectivity index (χ0) is 28.0. The molecule has 4 rings (SSSR count). The van der Waals surface area contributed by atoms with Crippen LogP contribution in [-0.2, 0) is 11.3 Å². The molecule has 5 heteroatoms. The molecule has 0 aliphatic carbocycles. The van der Waals surface area contributed by atoms with Gasteiger partial charge in [0.1, 0.15) is 5.82 Å². The maximum Gasteiger partial charge on any atom is 0.227 e. The molecule has 4 nitrogen and oxygen atoms in total. The Morgan fingerprint density at radius 1 is 0.775 bits per heavy atom. The Hall–Kier alpha value is -2.33. The third-order valence-corrected chi connectivity index (χ3v) is 8.76. The van der Waals surface area contributed by atoms with Gasteiger partial charge in [-0.15, -0.1) is 0 Å². The van der Waals surface area contributed by atoms with E-state index in [1.54, 1.807) is 0 Å². The lowest BCUT2D eigenvalue weighted by molar-refractivity contribution is -0.117. The van der Waals surface area contributed by atoms with Gasteiger partial charge in [0.05, 0.1) is 11.0 Å². The molecule has 0 radical (unpaired) electrons. The van der Waals surface area contributed by atoms with Crippen molar-refractivity contribution in [3.05, 3.63) is 59.4 Å². The molecule has 1 amide bonds. The fourth-order valence-electron chi connectivity index (χ4n) is 6.23. The Labute approximate surface area is 247 Å². The van der Waals surface area contributed by atoms with E-state index in [2.05, 4.69) is 35.8 Å². The minimum absolute atomic E-state index is 0.0972. The number of carbonyl (C=O) groups is 1. The minimum atomic E-state index is 0.0972. The van der Waals surface area contributed by atoms with Gasteiger partial charge in [-0.2, -0.15) is 0 Å². The number of benzene rings is 2. The monoisotopic (exact) mass is 563 g/mol. The smallest absolute Gasteiger partial charge is 0.227 e. The van der Waals surface area contributed by atoms with Crippen molar-refractivity contribution in [1.82, 2.24) is 9.55 Å². The third-order valence-electron chi connectivity index (χ3n) is 8.53. The molecule has 218 valence electrons. The van der Waals surface area contributed by atoms with Gasteiger partial charge in [-0.05, 0) is 36.8 Å². The first kappa shape index (κ1) is 30.6. The molecule has 1 atom stereocenters. The van der Waals surface area contributed by atoms with Crippen LogP contribution in [0.3, 0.4) is 0 Å². The summed E-state index contributed by atoms with van der Waals surface area (Å²) in [6.45, 7) is 3.91. The lowest BCUT2D eigenvalue weighted by atomic mass is 10.0. The molecule has 1 unspecified atom stereocenters. The van der Waals surface area contributed by atoms with Crippen LogP contribution in [0.25, 0.3) is 11.0 Å². The fraction of sp³-hybridized carbons (Fsp3) is 0.600. The number of anilines is 1. The zero-order valence-electron chi connectivity index (χ0n) is 24.8. The Morgan fingerprint density at radius 3 is 2.00 bits per heavy atom. The van der Waals surface area contributed by atoms with E-state index in [9.17, 15) is 4.79 Å². The Morgan fingerprint density at radius 2 is 1.38 bits per heavy atom. The van der Waals surface area contributed by atoms with Crippen LogP contribution in [0.15, 0.2) is 48.5 Å². The van der Waals surface area contributed by atoms with Crippen LogP contribution in [-0.4, -0.2) is 22.0 Å². The van der Waals surface area contributed by atoms with Gasteiger partial charge in [-0.1, -0.05) is 133 Å². The zero-order valence-corrected chi connectivity index (χ0v) is 25.5. The fourth-order valence-corrected chi connectivity index (χ4v) is 6.42. The summed E-state index contributed by atoms with van der Waals surface area (Å²) >= 11 is 6.21. The first-order valence-corrected chi connectivity index (χ1v) is 16.6. The van der Waals surface area contributed by atoms with E-state index >= 15 is 0 Å². The normalized spacial score (nSPS) is 15.5. The molecule has 1 aromatic heterocycles. The van der Waals surface area contributed by atoms with Crippen molar-refractivity contribution in [2.45, 2.75) is 129 Å². The van der Waals surface area contributed by atoms with Gasteiger partial charge in [-0.3, -0.25) is 4.79 Å². The number of nitrogens with zero attached hydrogens (tertiary/aromatic N) is 3. The number of fused-ring (bicyclic) bond motifs is 1. The second kappa shape index (κ2) is 16.8. The van der Waals surface area contributed by atoms with Crippen molar-refractivity contribution in [3.8, 4) is 0 Å². The van der Waals surface area contributed by atoms with Gasteiger partial charge in [0, 0.05) is 36.1 Å². The van der Waals surface area contributed by atoms with E-state index in [0.29, 0.717) is 18.0 Å². The van der Waals surface area contributed by atoms with Crippen molar-refractivity contribution in [2.24, 2.45) is 0 Å². The number of amides is 1. The number of hydrogen-bond donors (Lipinski definition) is 0. The molecule has 3 aromatic rings. The van der Waals surface area contributed by atoms with E-state index in [1.165, 1.54) is 102 Å². The molecule has 40 heavy (non-hydrogen) atoms. The summed E-state index contributed by atoms with van der Waals surface area (Å²) < 4.78 is 2.39. The quantitative estimate of drug-likeness (QED) is 0.136. The Kier molecular flexibility index (Phi) is 12.9. The maximum absolute atomic E-state index is 13.0. The molecule has 1 aliphatic rings. The van der Waals surface area contributed by atoms with Crippen molar-refractivity contribution in [2.75, 3.05) is 11.4 Å². The number of unbranched alkanes of at least 4 members (excludes halogenated alkanes) is 15. The third kappa shape index (κ3) is 9.09. The van der Waals surface area contributed by atoms with E-state index < -0.39 is 0 Å². The Balaban J connectivity index is 1.16.